The van der Waals surface area contributed by atoms with Crippen LogP contribution in [0.25, 0.3) is 0 Å². The number of methoxy groups -OCH3 is 1. The lowest BCUT2D eigenvalue weighted by Crippen LogP contribution is -2.17. The molecular formula is C19H14FIN4O4. The normalized spacial score (nSPS) is 10.3. The van der Waals surface area contributed by atoms with E-state index in [0.29, 0.717) is 20.5 Å². The molecule has 2 amide bonds. The highest BCUT2D eigenvalue weighted by molar-refractivity contribution is 14.1. The number of esters is 1. The van der Waals surface area contributed by atoms with Crippen molar-refractivity contribution in [2.75, 3.05) is 17.7 Å². The summed E-state index contributed by atoms with van der Waals surface area (Å²) in [6, 6.07) is 10.2. The van der Waals surface area contributed by atoms with E-state index in [4.69, 9.17) is 0 Å². The first-order valence-electron chi connectivity index (χ1n) is 8.18. The topological polar surface area (TPSA) is 113 Å². The van der Waals surface area contributed by atoms with Crippen LogP contribution in [-0.4, -0.2) is 34.9 Å². The summed E-state index contributed by atoms with van der Waals surface area (Å²) in [5, 5.41) is 5.32. The van der Waals surface area contributed by atoms with Gasteiger partial charge in [0.05, 0.1) is 19.0 Å². The number of imidazole rings is 1. The van der Waals surface area contributed by atoms with Gasteiger partial charge in [0, 0.05) is 14.9 Å². The summed E-state index contributed by atoms with van der Waals surface area (Å²) < 4.78 is 18.2. The summed E-state index contributed by atoms with van der Waals surface area (Å²) >= 11 is 1.89. The van der Waals surface area contributed by atoms with Crippen molar-refractivity contribution in [1.82, 2.24) is 9.97 Å². The summed E-state index contributed by atoms with van der Waals surface area (Å²) in [4.78, 5) is 42.7. The number of anilines is 2. The number of ether oxygens (including phenoxy) is 1. The van der Waals surface area contributed by atoms with Gasteiger partial charge in [-0.25, -0.2) is 14.2 Å². The number of aromatic amines is 1. The number of hydrogen-bond acceptors (Lipinski definition) is 5. The van der Waals surface area contributed by atoms with E-state index < -0.39 is 17.7 Å². The average Bonchev–Trinajstić information content (AvgIpc) is 3.19. The molecule has 0 radical (unpaired) electrons. The Kier molecular flexibility index (Phi) is 6.22. The van der Waals surface area contributed by atoms with Crippen LogP contribution in [0.3, 0.4) is 0 Å². The van der Waals surface area contributed by atoms with E-state index >= 15 is 0 Å². The highest BCUT2D eigenvalue weighted by Gasteiger charge is 2.21. The van der Waals surface area contributed by atoms with Crippen LogP contribution in [0.15, 0.2) is 48.8 Å². The summed E-state index contributed by atoms with van der Waals surface area (Å²) in [5.74, 6) is -2.10. The van der Waals surface area contributed by atoms with Crippen molar-refractivity contribution in [3.05, 3.63) is 75.1 Å². The highest BCUT2D eigenvalue weighted by atomic mass is 127. The number of halogens is 2. The Hall–Kier alpha value is -3.28. The average molecular weight is 508 g/mol. The van der Waals surface area contributed by atoms with E-state index in [0.717, 1.165) is 0 Å². The molecule has 3 rings (SSSR count). The molecule has 0 unspecified atom stereocenters. The van der Waals surface area contributed by atoms with Crippen LogP contribution in [0.5, 0.6) is 0 Å². The Morgan fingerprint density at radius 2 is 1.66 bits per heavy atom. The number of amides is 2. The van der Waals surface area contributed by atoms with E-state index in [2.05, 4.69) is 25.3 Å². The van der Waals surface area contributed by atoms with Crippen LogP contribution in [-0.2, 0) is 4.74 Å². The number of rotatable bonds is 5. The highest BCUT2D eigenvalue weighted by Crippen LogP contribution is 2.19. The molecule has 0 saturated carbocycles. The molecule has 0 spiro atoms. The molecule has 2 aromatic carbocycles. The minimum Gasteiger partial charge on any atom is -0.464 e. The van der Waals surface area contributed by atoms with Crippen LogP contribution in [0, 0.1) is 9.39 Å². The minimum atomic E-state index is -0.732. The summed E-state index contributed by atoms with van der Waals surface area (Å²) in [6.07, 6.45) is 1.22. The van der Waals surface area contributed by atoms with Crippen LogP contribution < -0.4 is 10.6 Å². The fourth-order valence-electron chi connectivity index (χ4n) is 2.42. The van der Waals surface area contributed by atoms with Gasteiger partial charge in [-0.15, -0.1) is 0 Å². The number of benzene rings is 2. The van der Waals surface area contributed by atoms with Crippen molar-refractivity contribution in [3.8, 4) is 0 Å². The zero-order valence-corrected chi connectivity index (χ0v) is 17.1. The first-order chi connectivity index (χ1) is 13.9. The third-order valence-electron chi connectivity index (χ3n) is 3.82. The predicted octanol–water partition coefficient (Wildman–Crippen LogP) is 3.44. The minimum absolute atomic E-state index is 0.0277. The second kappa shape index (κ2) is 8.82. The molecule has 3 aromatic rings. The molecule has 1 heterocycles. The molecule has 10 heteroatoms. The van der Waals surface area contributed by atoms with Crippen LogP contribution in [0.4, 0.5) is 15.8 Å². The molecule has 0 aliphatic rings. The van der Waals surface area contributed by atoms with Gasteiger partial charge >= 0.3 is 5.97 Å². The van der Waals surface area contributed by atoms with Gasteiger partial charge in [-0.05, 0) is 65.1 Å². The van der Waals surface area contributed by atoms with E-state index in [1.165, 1.54) is 31.6 Å². The molecule has 8 nitrogen and oxygen atoms in total. The number of nitrogens with zero attached hydrogens (tertiary/aromatic N) is 1. The van der Waals surface area contributed by atoms with Crippen LogP contribution >= 0.6 is 22.6 Å². The molecule has 29 heavy (non-hydrogen) atoms. The fourth-order valence-corrected chi connectivity index (χ4v) is 3.14. The lowest BCUT2D eigenvalue weighted by Gasteiger charge is -2.09. The third kappa shape index (κ3) is 4.77. The van der Waals surface area contributed by atoms with Crippen molar-refractivity contribution in [2.24, 2.45) is 0 Å². The Bertz CT molecular complexity index is 1080. The second-order valence-electron chi connectivity index (χ2n) is 5.73. The smallest absolute Gasteiger partial charge is 0.359 e. The summed E-state index contributed by atoms with van der Waals surface area (Å²) in [7, 11) is 1.19. The van der Waals surface area contributed by atoms with E-state index in [9.17, 15) is 18.8 Å². The van der Waals surface area contributed by atoms with Crippen LogP contribution in [0.2, 0.25) is 0 Å². The van der Waals surface area contributed by atoms with Crippen molar-refractivity contribution in [1.29, 1.82) is 0 Å². The lowest BCUT2D eigenvalue weighted by molar-refractivity contribution is 0.0591. The lowest BCUT2D eigenvalue weighted by atomic mass is 10.2. The molecule has 0 saturated heterocycles. The number of nitrogens with one attached hydrogen (secondary N) is 3. The fraction of sp³-hybridized carbons (Fsp3) is 0.0526. The number of aromatic nitrogens is 2. The molecule has 1 aromatic heterocycles. The zero-order chi connectivity index (χ0) is 21.0. The molecule has 0 atom stereocenters. The molecule has 0 aliphatic carbocycles. The first-order valence-corrected chi connectivity index (χ1v) is 9.26. The van der Waals surface area contributed by atoms with Crippen LogP contribution in [0.1, 0.15) is 31.3 Å². The predicted molar refractivity (Wildman–Crippen MR) is 111 cm³/mol. The van der Waals surface area contributed by atoms with Gasteiger partial charge in [-0.1, -0.05) is 0 Å². The SMILES string of the molecule is COC(=O)c1nc[nH]c1C(=O)Nc1ccc(NC(=O)c2ccc(F)cc2I)cc1. The number of carbonyl (C=O) groups excluding carboxylic acids is 3. The van der Waals surface area contributed by atoms with Gasteiger partial charge in [-0.2, -0.15) is 0 Å². The standard InChI is InChI=1S/C19H14FIN4O4/c1-29-19(28)16-15(22-9-23-16)18(27)25-12-5-3-11(4-6-12)24-17(26)13-7-2-10(20)8-14(13)21/h2-9H,1H3,(H,22,23)(H,24,26)(H,25,27). The summed E-state index contributed by atoms with van der Waals surface area (Å²) in [6.45, 7) is 0. The molecule has 0 aliphatic heterocycles. The van der Waals surface area contributed by atoms with Crippen molar-refractivity contribution in [2.45, 2.75) is 0 Å². The Balaban J connectivity index is 1.67. The van der Waals surface area contributed by atoms with Gasteiger partial charge in [0.2, 0.25) is 0 Å². The third-order valence-corrected chi connectivity index (χ3v) is 4.71. The zero-order valence-electron chi connectivity index (χ0n) is 15.0. The van der Waals surface area contributed by atoms with E-state index in [-0.39, 0.29) is 17.3 Å². The maximum absolute atomic E-state index is 13.2. The van der Waals surface area contributed by atoms with E-state index in [1.54, 1.807) is 24.3 Å². The number of hydrogen-bond donors (Lipinski definition) is 3. The second-order valence-corrected chi connectivity index (χ2v) is 6.89. The number of H-pyrrole nitrogens is 1. The maximum Gasteiger partial charge on any atom is 0.359 e. The van der Waals surface area contributed by atoms with Crippen molar-refractivity contribution < 1.29 is 23.5 Å². The quantitative estimate of drug-likeness (QED) is 0.361. The van der Waals surface area contributed by atoms with Gasteiger partial charge in [0.25, 0.3) is 11.8 Å². The van der Waals surface area contributed by atoms with Crippen molar-refractivity contribution in [3.63, 3.8) is 0 Å². The Morgan fingerprint density at radius 3 is 2.24 bits per heavy atom. The molecular weight excluding hydrogens is 494 g/mol. The Morgan fingerprint density at radius 1 is 1.03 bits per heavy atom. The summed E-state index contributed by atoms with van der Waals surface area (Å²) in [5.41, 5.74) is 1.13. The molecule has 0 bridgehead atoms. The van der Waals surface area contributed by atoms with Gasteiger partial charge in [-0.3, -0.25) is 9.59 Å². The molecule has 3 N–H and O–H groups in total. The Labute approximate surface area is 178 Å². The maximum atomic E-state index is 13.2. The van der Waals surface area contributed by atoms with Gasteiger partial charge < -0.3 is 20.4 Å². The van der Waals surface area contributed by atoms with Gasteiger partial charge in [0.1, 0.15) is 11.5 Å². The van der Waals surface area contributed by atoms with E-state index in [1.807, 2.05) is 22.6 Å². The first kappa shape index (κ1) is 20.5. The van der Waals surface area contributed by atoms with Gasteiger partial charge in [0.15, 0.2) is 5.69 Å². The molecule has 0 fully saturated rings. The van der Waals surface area contributed by atoms with Crippen molar-refractivity contribution >= 4 is 51.7 Å². The monoisotopic (exact) mass is 508 g/mol. The number of carbonyl (C=O) groups is 3. The molecule has 148 valence electrons. The largest absolute Gasteiger partial charge is 0.464 e.